The van der Waals surface area contributed by atoms with Crippen LogP contribution < -0.4 is 16.4 Å². The fourth-order valence-electron chi connectivity index (χ4n) is 3.58. The number of amides is 2. The first-order valence-electron chi connectivity index (χ1n) is 8.80. The third kappa shape index (κ3) is 3.19. The zero-order valence-electron chi connectivity index (χ0n) is 14.5. The maximum Gasteiger partial charge on any atom is 0.290 e. The zero-order valence-corrected chi connectivity index (χ0v) is 14.5. The van der Waals surface area contributed by atoms with E-state index in [1.807, 2.05) is 24.3 Å². The van der Waals surface area contributed by atoms with Gasteiger partial charge in [0.1, 0.15) is 0 Å². The number of aromatic amines is 1. The summed E-state index contributed by atoms with van der Waals surface area (Å²) < 4.78 is 0. The number of fused-ring (bicyclic) bond motifs is 2. The van der Waals surface area contributed by atoms with Gasteiger partial charge in [0.15, 0.2) is 5.69 Å². The number of hydrogen-bond acceptors (Lipinski definition) is 4. The van der Waals surface area contributed by atoms with Crippen LogP contribution in [0.3, 0.4) is 0 Å². The van der Waals surface area contributed by atoms with Gasteiger partial charge in [0, 0.05) is 5.39 Å². The molecule has 0 aliphatic heterocycles. The molecule has 1 atom stereocenters. The molecule has 0 saturated heterocycles. The Hall–Kier alpha value is -3.48. The van der Waals surface area contributed by atoms with Crippen LogP contribution in [-0.4, -0.2) is 22.0 Å². The summed E-state index contributed by atoms with van der Waals surface area (Å²) in [4.78, 5) is 36.9. The van der Waals surface area contributed by atoms with Crippen LogP contribution in [0, 0.1) is 0 Å². The third-order valence-corrected chi connectivity index (χ3v) is 4.90. The molecule has 1 heterocycles. The van der Waals surface area contributed by atoms with Gasteiger partial charge in [-0.1, -0.05) is 42.5 Å². The number of aryl methyl sites for hydroxylation is 1. The second kappa shape index (κ2) is 7.03. The van der Waals surface area contributed by atoms with Gasteiger partial charge in [-0.05, 0) is 36.5 Å². The molecule has 1 aliphatic rings. The maximum absolute atomic E-state index is 12.6. The van der Waals surface area contributed by atoms with Crippen LogP contribution in [-0.2, 0) is 11.2 Å². The average Bonchev–Trinajstić information content (AvgIpc) is 2.72. The fourth-order valence-corrected chi connectivity index (χ4v) is 3.58. The molecular formula is C20H18N4O3. The van der Waals surface area contributed by atoms with Gasteiger partial charge < -0.3 is 0 Å². The van der Waals surface area contributed by atoms with Gasteiger partial charge in [-0.3, -0.25) is 25.2 Å². The van der Waals surface area contributed by atoms with Crippen LogP contribution in [0.2, 0.25) is 0 Å². The molecule has 4 rings (SSSR count). The Balaban J connectivity index is 1.52. The van der Waals surface area contributed by atoms with E-state index in [4.69, 9.17) is 0 Å². The summed E-state index contributed by atoms with van der Waals surface area (Å²) in [6.45, 7) is 0. The number of nitrogens with one attached hydrogen (secondary N) is 3. The number of carbonyl (C=O) groups excluding carboxylic acids is 2. The highest BCUT2D eigenvalue weighted by Gasteiger charge is 2.26. The third-order valence-electron chi connectivity index (χ3n) is 4.90. The molecule has 3 aromatic rings. The Bertz CT molecular complexity index is 1090. The summed E-state index contributed by atoms with van der Waals surface area (Å²) in [5, 5.41) is 6.93. The zero-order chi connectivity index (χ0) is 18.8. The summed E-state index contributed by atoms with van der Waals surface area (Å²) in [5.41, 5.74) is 6.77. The molecule has 0 radical (unpaired) electrons. The van der Waals surface area contributed by atoms with Gasteiger partial charge in [-0.15, -0.1) is 0 Å². The van der Waals surface area contributed by atoms with Crippen LogP contribution in [0.1, 0.15) is 40.4 Å². The number of rotatable bonds is 2. The lowest BCUT2D eigenvalue weighted by Gasteiger charge is -2.24. The highest BCUT2D eigenvalue weighted by atomic mass is 16.2. The first-order chi connectivity index (χ1) is 13.1. The van der Waals surface area contributed by atoms with E-state index in [9.17, 15) is 14.4 Å². The van der Waals surface area contributed by atoms with Crippen molar-refractivity contribution in [3.63, 3.8) is 0 Å². The van der Waals surface area contributed by atoms with E-state index in [1.165, 1.54) is 5.56 Å². The Morgan fingerprint density at radius 2 is 1.74 bits per heavy atom. The summed E-state index contributed by atoms with van der Waals surface area (Å²) >= 11 is 0. The van der Waals surface area contributed by atoms with Crippen molar-refractivity contribution in [3.8, 4) is 0 Å². The lowest BCUT2D eigenvalue weighted by Crippen LogP contribution is -2.45. The number of carbonyl (C=O) groups is 2. The van der Waals surface area contributed by atoms with Crippen molar-refractivity contribution in [1.29, 1.82) is 0 Å². The van der Waals surface area contributed by atoms with Gasteiger partial charge in [0.2, 0.25) is 5.91 Å². The van der Waals surface area contributed by atoms with E-state index < -0.39 is 5.91 Å². The molecule has 3 N–H and O–H groups in total. The van der Waals surface area contributed by atoms with Gasteiger partial charge in [0.25, 0.3) is 11.5 Å². The average molecular weight is 362 g/mol. The summed E-state index contributed by atoms with van der Waals surface area (Å²) in [5.74, 6) is -1.14. The van der Waals surface area contributed by atoms with Crippen LogP contribution in [0.25, 0.3) is 10.8 Å². The largest absolute Gasteiger partial charge is 0.290 e. The maximum atomic E-state index is 12.6. The number of hydrogen-bond donors (Lipinski definition) is 3. The summed E-state index contributed by atoms with van der Waals surface area (Å²) in [6.07, 6.45) is 2.62. The van der Waals surface area contributed by atoms with Crippen molar-refractivity contribution >= 4 is 22.6 Å². The van der Waals surface area contributed by atoms with Crippen LogP contribution in [0.4, 0.5) is 0 Å². The molecule has 136 valence electrons. The quantitative estimate of drug-likeness (QED) is 0.605. The number of aromatic nitrogens is 2. The van der Waals surface area contributed by atoms with Gasteiger partial charge in [-0.25, -0.2) is 5.10 Å². The van der Waals surface area contributed by atoms with E-state index in [-0.39, 0.29) is 23.1 Å². The number of hydrazine groups is 1. The topological polar surface area (TPSA) is 104 Å². The highest BCUT2D eigenvalue weighted by Crippen LogP contribution is 2.31. The first kappa shape index (κ1) is 17.0. The van der Waals surface area contributed by atoms with Crippen molar-refractivity contribution in [2.45, 2.75) is 25.2 Å². The lowest BCUT2D eigenvalue weighted by molar-refractivity contribution is -0.123. The van der Waals surface area contributed by atoms with Crippen LogP contribution in [0.15, 0.2) is 53.3 Å². The minimum absolute atomic E-state index is 0.0505. The Morgan fingerprint density at radius 3 is 2.59 bits per heavy atom. The van der Waals surface area contributed by atoms with Crippen molar-refractivity contribution in [2.75, 3.05) is 0 Å². The molecule has 1 aliphatic carbocycles. The lowest BCUT2D eigenvalue weighted by atomic mass is 9.82. The smallest absolute Gasteiger partial charge is 0.273 e. The van der Waals surface area contributed by atoms with Crippen molar-refractivity contribution < 1.29 is 9.59 Å². The van der Waals surface area contributed by atoms with Crippen molar-refractivity contribution in [3.05, 3.63) is 75.7 Å². The summed E-state index contributed by atoms with van der Waals surface area (Å²) in [6, 6.07) is 14.6. The van der Waals surface area contributed by atoms with E-state index in [1.54, 1.807) is 24.3 Å². The van der Waals surface area contributed by atoms with Gasteiger partial charge in [-0.2, -0.15) is 5.10 Å². The molecule has 0 unspecified atom stereocenters. The minimum atomic E-state index is -0.583. The number of H-pyrrole nitrogens is 1. The standard InChI is InChI=1S/C20H18N4O3/c25-18(15-11-5-7-12-6-1-2-8-13(12)15)23-24-20(27)17-14-9-3-4-10-16(14)19(26)22-21-17/h1-4,6,8-10,15H,5,7,11H2,(H,22,26)(H,23,25)(H,24,27)/t15-/m1/s1. The fraction of sp³-hybridized carbons (Fsp3) is 0.200. The molecule has 7 heteroatoms. The van der Waals surface area contributed by atoms with Crippen molar-refractivity contribution in [2.24, 2.45) is 0 Å². The molecular weight excluding hydrogens is 344 g/mol. The Labute approximate surface area is 154 Å². The van der Waals surface area contributed by atoms with E-state index >= 15 is 0 Å². The second-order valence-corrected chi connectivity index (χ2v) is 6.53. The molecule has 2 amide bonds. The van der Waals surface area contributed by atoms with Crippen LogP contribution >= 0.6 is 0 Å². The highest BCUT2D eigenvalue weighted by molar-refractivity contribution is 6.05. The first-order valence-corrected chi connectivity index (χ1v) is 8.80. The molecule has 0 spiro atoms. The molecule has 27 heavy (non-hydrogen) atoms. The van der Waals surface area contributed by atoms with E-state index in [0.717, 1.165) is 24.8 Å². The molecule has 2 aromatic carbocycles. The predicted molar refractivity (Wildman–Crippen MR) is 100 cm³/mol. The Morgan fingerprint density at radius 1 is 1.00 bits per heavy atom. The summed E-state index contributed by atoms with van der Waals surface area (Å²) in [7, 11) is 0. The Kier molecular flexibility index (Phi) is 4.42. The minimum Gasteiger partial charge on any atom is -0.273 e. The molecule has 0 fully saturated rings. The monoisotopic (exact) mass is 362 g/mol. The molecule has 7 nitrogen and oxygen atoms in total. The van der Waals surface area contributed by atoms with Crippen molar-refractivity contribution in [1.82, 2.24) is 21.0 Å². The molecule has 1 aromatic heterocycles. The SMILES string of the molecule is O=C(NNC(=O)[C@@H]1CCCc2ccccc21)c1n[nH]c(=O)c2ccccc12. The molecule has 0 saturated carbocycles. The van der Waals surface area contributed by atoms with E-state index in [2.05, 4.69) is 21.0 Å². The van der Waals surface area contributed by atoms with Gasteiger partial charge >= 0.3 is 0 Å². The van der Waals surface area contributed by atoms with Gasteiger partial charge in [0.05, 0.1) is 11.3 Å². The molecule has 0 bridgehead atoms. The van der Waals surface area contributed by atoms with E-state index in [0.29, 0.717) is 10.8 Å². The number of nitrogens with zero attached hydrogens (tertiary/aromatic N) is 1. The predicted octanol–water partition coefficient (Wildman–Crippen LogP) is 1.80. The van der Waals surface area contributed by atoms with Crippen LogP contribution in [0.5, 0.6) is 0 Å². The number of benzene rings is 2. The second-order valence-electron chi connectivity index (χ2n) is 6.53. The normalized spacial score (nSPS) is 15.8.